The molecule has 2 rings (SSSR count). The molecule has 1 saturated carbocycles. The lowest BCUT2D eigenvalue weighted by atomic mass is 10.1. The molecule has 17 heavy (non-hydrogen) atoms. The maximum atomic E-state index is 12.3. The van der Waals surface area contributed by atoms with E-state index in [9.17, 15) is 4.79 Å². The third-order valence-corrected chi connectivity index (χ3v) is 3.97. The van der Waals surface area contributed by atoms with Crippen LogP contribution in [0.1, 0.15) is 30.1 Å². The van der Waals surface area contributed by atoms with E-state index in [1.807, 2.05) is 13.1 Å². The number of hydrogen-bond donors (Lipinski definition) is 1. The smallest absolute Gasteiger partial charge is 0.255 e. The predicted molar refractivity (Wildman–Crippen MR) is 72.8 cm³/mol. The van der Waals surface area contributed by atoms with E-state index in [2.05, 4.69) is 22.9 Å². The molecule has 0 aliphatic heterocycles. The summed E-state index contributed by atoms with van der Waals surface area (Å²) in [6, 6.07) is 5.68. The van der Waals surface area contributed by atoms with Crippen LogP contribution in [0.15, 0.2) is 22.7 Å². The molecule has 1 aromatic rings. The summed E-state index contributed by atoms with van der Waals surface area (Å²) in [5, 5.41) is 0. The molecule has 0 aromatic heterocycles. The van der Waals surface area contributed by atoms with Gasteiger partial charge in [0.05, 0.1) is 5.56 Å². The summed E-state index contributed by atoms with van der Waals surface area (Å²) >= 11 is 3.37. The van der Waals surface area contributed by atoms with Gasteiger partial charge in [-0.2, -0.15) is 0 Å². The third kappa shape index (κ3) is 2.63. The predicted octanol–water partition coefficient (Wildman–Crippen LogP) is 2.90. The summed E-state index contributed by atoms with van der Waals surface area (Å²) in [5.41, 5.74) is 6.97. The zero-order valence-corrected chi connectivity index (χ0v) is 11.7. The van der Waals surface area contributed by atoms with Gasteiger partial charge < -0.3 is 10.6 Å². The number of rotatable bonds is 3. The van der Waals surface area contributed by atoms with Crippen molar-refractivity contribution in [1.29, 1.82) is 0 Å². The fourth-order valence-corrected chi connectivity index (χ4v) is 2.34. The van der Waals surface area contributed by atoms with Crippen LogP contribution in [0.3, 0.4) is 0 Å². The van der Waals surface area contributed by atoms with E-state index in [4.69, 9.17) is 5.73 Å². The second kappa shape index (κ2) is 4.69. The van der Waals surface area contributed by atoms with Gasteiger partial charge in [-0.25, -0.2) is 0 Å². The van der Waals surface area contributed by atoms with Gasteiger partial charge in [0.1, 0.15) is 0 Å². The van der Waals surface area contributed by atoms with Crippen LogP contribution < -0.4 is 5.73 Å². The van der Waals surface area contributed by atoms with Crippen molar-refractivity contribution in [2.45, 2.75) is 25.8 Å². The van der Waals surface area contributed by atoms with Crippen LogP contribution in [0.4, 0.5) is 5.69 Å². The van der Waals surface area contributed by atoms with Crippen LogP contribution in [0.25, 0.3) is 0 Å². The zero-order valence-electron chi connectivity index (χ0n) is 10.1. The Morgan fingerprint density at radius 2 is 2.18 bits per heavy atom. The molecule has 1 aliphatic carbocycles. The Bertz CT molecular complexity index is 443. The minimum absolute atomic E-state index is 0.00296. The van der Waals surface area contributed by atoms with Gasteiger partial charge in [0, 0.05) is 23.2 Å². The van der Waals surface area contributed by atoms with Gasteiger partial charge in [0.25, 0.3) is 5.91 Å². The average Bonchev–Trinajstić information content (AvgIpc) is 3.13. The van der Waals surface area contributed by atoms with Gasteiger partial charge in [-0.1, -0.05) is 15.9 Å². The van der Waals surface area contributed by atoms with Crippen molar-refractivity contribution in [2.75, 3.05) is 12.8 Å². The quantitative estimate of drug-likeness (QED) is 0.872. The number of amides is 1. The lowest BCUT2D eigenvalue weighted by Crippen LogP contribution is -2.36. The standard InChI is InChI=1S/C13H17BrN2O/c1-8(9-3-4-9)16(2)13(17)11-7-10(14)5-6-12(11)15/h5-9H,3-4,15H2,1-2H3. The van der Waals surface area contributed by atoms with Crippen LogP contribution >= 0.6 is 15.9 Å². The van der Waals surface area contributed by atoms with Crippen molar-refractivity contribution in [2.24, 2.45) is 5.92 Å². The van der Waals surface area contributed by atoms with Crippen molar-refractivity contribution in [3.63, 3.8) is 0 Å². The first-order valence-corrected chi connectivity index (χ1v) is 6.62. The van der Waals surface area contributed by atoms with Crippen LogP contribution in [0.2, 0.25) is 0 Å². The molecule has 0 bridgehead atoms. The van der Waals surface area contributed by atoms with E-state index in [0.29, 0.717) is 23.2 Å². The molecule has 3 nitrogen and oxygen atoms in total. The molecule has 2 N–H and O–H groups in total. The topological polar surface area (TPSA) is 46.3 Å². The SMILES string of the molecule is CC(C1CC1)N(C)C(=O)c1cc(Br)ccc1N. The van der Waals surface area contributed by atoms with Crippen molar-refractivity contribution >= 4 is 27.5 Å². The summed E-state index contributed by atoms with van der Waals surface area (Å²) in [5.74, 6) is 0.667. The van der Waals surface area contributed by atoms with Gasteiger partial charge in [-0.15, -0.1) is 0 Å². The molecular weight excluding hydrogens is 280 g/mol. The van der Waals surface area contributed by atoms with Crippen molar-refractivity contribution < 1.29 is 4.79 Å². The van der Waals surface area contributed by atoms with Gasteiger partial charge >= 0.3 is 0 Å². The largest absolute Gasteiger partial charge is 0.398 e. The van der Waals surface area contributed by atoms with E-state index >= 15 is 0 Å². The number of nitrogen functional groups attached to an aromatic ring is 1. The summed E-state index contributed by atoms with van der Waals surface area (Å²) < 4.78 is 0.877. The minimum Gasteiger partial charge on any atom is -0.398 e. The zero-order chi connectivity index (χ0) is 12.6. The number of hydrogen-bond acceptors (Lipinski definition) is 2. The van der Waals surface area contributed by atoms with E-state index in [1.165, 1.54) is 12.8 Å². The Labute approximate surface area is 110 Å². The highest BCUT2D eigenvalue weighted by atomic mass is 79.9. The Kier molecular flexibility index (Phi) is 3.43. The van der Waals surface area contributed by atoms with Crippen molar-refractivity contribution in [1.82, 2.24) is 4.90 Å². The molecule has 92 valence electrons. The molecule has 0 heterocycles. The van der Waals surface area contributed by atoms with Crippen LogP contribution in [-0.2, 0) is 0 Å². The third-order valence-electron chi connectivity index (χ3n) is 3.48. The molecule has 4 heteroatoms. The van der Waals surface area contributed by atoms with Gasteiger partial charge in [0.2, 0.25) is 0 Å². The second-order valence-corrected chi connectivity index (χ2v) is 5.64. The summed E-state index contributed by atoms with van der Waals surface area (Å²) in [4.78, 5) is 14.1. The highest BCUT2D eigenvalue weighted by molar-refractivity contribution is 9.10. The number of benzene rings is 1. The lowest BCUT2D eigenvalue weighted by molar-refractivity contribution is 0.0728. The average molecular weight is 297 g/mol. The molecular formula is C13H17BrN2O. The minimum atomic E-state index is 0.00296. The number of nitrogens with zero attached hydrogens (tertiary/aromatic N) is 1. The number of halogens is 1. The van der Waals surface area contributed by atoms with E-state index in [1.54, 1.807) is 17.0 Å². The van der Waals surface area contributed by atoms with Crippen molar-refractivity contribution in [3.8, 4) is 0 Å². The first kappa shape index (κ1) is 12.4. The normalized spacial score (nSPS) is 16.6. The number of carbonyl (C=O) groups excluding carboxylic acids is 1. The molecule has 1 aliphatic rings. The fourth-order valence-electron chi connectivity index (χ4n) is 1.98. The second-order valence-electron chi connectivity index (χ2n) is 4.73. The summed E-state index contributed by atoms with van der Waals surface area (Å²) in [6.45, 7) is 2.10. The molecule has 1 aromatic carbocycles. The molecule has 1 fully saturated rings. The molecule has 1 unspecified atom stereocenters. The van der Waals surface area contributed by atoms with Crippen LogP contribution in [0.5, 0.6) is 0 Å². The van der Waals surface area contributed by atoms with Gasteiger partial charge in [0.15, 0.2) is 0 Å². The maximum Gasteiger partial charge on any atom is 0.255 e. The number of nitrogens with two attached hydrogens (primary N) is 1. The molecule has 0 radical (unpaired) electrons. The van der Waals surface area contributed by atoms with E-state index < -0.39 is 0 Å². The number of carbonyl (C=O) groups is 1. The monoisotopic (exact) mass is 296 g/mol. The first-order chi connectivity index (χ1) is 8.00. The molecule has 1 amide bonds. The van der Waals surface area contributed by atoms with Gasteiger partial charge in [-0.05, 0) is 43.9 Å². The first-order valence-electron chi connectivity index (χ1n) is 5.83. The lowest BCUT2D eigenvalue weighted by Gasteiger charge is -2.25. The van der Waals surface area contributed by atoms with Crippen LogP contribution in [0, 0.1) is 5.92 Å². The Morgan fingerprint density at radius 1 is 1.53 bits per heavy atom. The summed E-state index contributed by atoms with van der Waals surface area (Å²) in [6.07, 6.45) is 2.46. The van der Waals surface area contributed by atoms with Crippen LogP contribution in [-0.4, -0.2) is 23.9 Å². The Balaban J connectivity index is 2.20. The Morgan fingerprint density at radius 3 is 2.76 bits per heavy atom. The molecule has 0 spiro atoms. The van der Waals surface area contributed by atoms with Gasteiger partial charge in [-0.3, -0.25) is 4.79 Å². The van der Waals surface area contributed by atoms with E-state index in [0.717, 1.165) is 4.47 Å². The summed E-state index contributed by atoms with van der Waals surface area (Å²) in [7, 11) is 1.85. The molecule has 0 saturated heterocycles. The van der Waals surface area contributed by atoms with Crippen molar-refractivity contribution in [3.05, 3.63) is 28.2 Å². The highest BCUT2D eigenvalue weighted by Gasteiger charge is 2.33. The highest BCUT2D eigenvalue weighted by Crippen LogP contribution is 2.35. The maximum absolute atomic E-state index is 12.3. The van der Waals surface area contributed by atoms with E-state index in [-0.39, 0.29) is 5.91 Å². The molecule has 1 atom stereocenters. The fraction of sp³-hybridized carbons (Fsp3) is 0.462. The number of anilines is 1. The Hall–Kier alpha value is -1.03.